The first-order valence-corrected chi connectivity index (χ1v) is 5.13. The summed E-state index contributed by atoms with van der Waals surface area (Å²) in [5.74, 6) is -2.14. The highest BCUT2D eigenvalue weighted by molar-refractivity contribution is 9.10. The summed E-state index contributed by atoms with van der Waals surface area (Å²) in [5.41, 5.74) is -1.36. The Kier molecular flexibility index (Phi) is 5.44. The number of carbonyl (C=O) groups is 1. The molecule has 6 nitrogen and oxygen atoms in total. The lowest BCUT2D eigenvalue weighted by molar-refractivity contribution is -0.386. The minimum atomic E-state index is -1.46. The Morgan fingerprint density at radius 2 is 1.94 bits per heavy atom. The maximum atomic E-state index is 10.6. The number of benzene rings is 1. The predicted molar refractivity (Wildman–Crippen MR) is 60.8 cm³/mol. The number of halogens is 1. The highest BCUT2D eigenvalue weighted by Crippen LogP contribution is 2.36. The van der Waals surface area contributed by atoms with Crippen LogP contribution in [0.5, 0.6) is 5.75 Å². The normalized spacial score (nSPS) is 8.94. The molecule has 0 radical (unpaired) electrons. The number of phenols is 1. The number of rotatable bonds is 2. The molecular formula is C9H10BrNO5. The van der Waals surface area contributed by atoms with Crippen molar-refractivity contribution in [3.8, 4) is 5.75 Å². The fraction of sp³-hybridized carbons (Fsp3) is 0.222. The van der Waals surface area contributed by atoms with Crippen LogP contribution in [0.3, 0.4) is 0 Å². The zero-order chi connectivity index (χ0) is 12.9. The van der Waals surface area contributed by atoms with Gasteiger partial charge in [0.15, 0.2) is 0 Å². The van der Waals surface area contributed by atoms with Gasteiger partial charge in [-0.15, -0.1) is 0 Å². The molecule has 0 atom stereocenters. The summed E-state index contributed by atoms with van der Waals surface area (Å²) >= 11 is 2.85. The Labute approximate surface area is 99.8 Å². The van der Waals surface area contributed by atoms with Crippen molar-refractivity contribution in [2.75, 3.05) is 0 Å². The van der Waals surface area contributed by atoms with Gasteiger partial charge in [-0.2, -0.15) is 0 Å². The van der Waals surface area contributed by atoms with E-state index in [1.54, 1.807) is 0 Å². The van der Waals surface area contributed by atoms with Gasteiger partial charge in [-0.1, -0.05) is 13.8 Å². The Morgan fingerprint density at radius 1 is 1.44 bits per heavy atom. The smallest absolute Gasteiger partial charge is 0.342 e. The molecule has 0 aromatic heterocycles. The molecule has 16 heavy (non-hydrogen) atoms. The lowest BCUT2D eigenvalue weighted by atomic mass is 10.1. The van der Waals surface area contributed by atoms with Gasteiger partial charge in [-0.25, -0.2) is 4.79 Å². The van der Waals surface area contributed by atoms with Crippen molar-refractivity contribution in [2.24, 2.45) is 0 Å². The van der Waals surface area contributed by atoms with Crippen LogP contribution in [0, 0.1) is 10.1 Å². The molecule has 0 unspecified atom stereocenters. The van der Waals surface area contributed by atoms with Gasteiger partial charge >= 0.3 is 11.7 Å². The number of nitro groups is 1. The molecule has 1 aromatic carbocycles. The molecule has 0 fully saturated rings. The first-order valence-electron chi connectivity index (χ1n) is 4.34. The van der Waals surface area contributed by atoms with Gasteiger partial charge in [0.2, 0.25) is 5.75 Å². The van der Waals surface area contributed by atoms with Crippen molar-refractivity contribution < 1.29 is 19.9 Å². The molecule has 0 amide bonds. The molecule has 2 N–H and O–H groups in total. The molecule has 0 saturated carbocycles. The van der Waals surface area contributed by atoms with Gasteiger partial charge in [-0.3, -0.25) is 10.1 Å². The Bertz CT molecular complexity index is 419. The third-order valence-electron chi connectivity index (χ3n) is 1.51. The average molecular weight is 292 g/mol. The molecule has 88 valence electrons. The van der Waals surface area contributed by atoms with Crippen LogP contribution >= 0.6 is 15.9 Å². The van der Waals surface area contributed by atoms with Gasteiger partial charge in [-0.05, 0) is 28.1 Å². The molecular weight excluding hydrogens is 282 g/mol. The highest BCUT2D eigenvalue weighted by atomic mass is 79.9. The van der Waals surface area contributed by atoms with Crippen molar-refractivity contribution in [3.05, 3.63) is 32.3 Å². The van der Waals surface area contributed by atoms with E-state index in [2.05, 4.69) is 15.9 Å². The zero-order valence-electron chi connectivity index (χ0n) is 8.60. The number of aromatic hydroxyl groups is 1. The quantitative estimate of drug-likeness (QED) is 0.644. The van der Waals surface area contributed by atoms with Crippen molar-refractivity contribution in [2.45, 2.75) is 13.8 Å². The second kappa shape index (κ2) is 6.06. The minimum absolute atomic E-state index is 0.0780. The number of carboxylic acid groups (broad SMARTS) is 1. The van der Waals surface area contributed by atoms with Crippen molar-refractivity contribution in [1.29, 1.82) is 0 Å². The van der Waals surface area contributed by atoms with E-state index < -0.39 is 27.9 Å². The number of hydrogen-bond acceptors (Lipinski definition) is 4. The summed E-state index contributed by atoms with van der Waals surface area (Å²) in [6.45, 7) is 4.00. The molecule has 7 heteroatoms. The SMILES string of the molecule is CC.O=C(O)c1ccc(Br)c(O)c1[N+](=O)[O-]. The van der Waals surface area contributed by atoms with Crippen LogP contribution < -0.4 is 0 Å². The lowest BCUT2D eigenvalue weighted by Crippen LogP contribution is -2.02. The van der Waals surface area contributed by atoms with Gasteiger partial charge in [0.05, 0.1) is 9.40 Å². The Morgan fingerprint density at radius 3 is 2.31 bits per heavy atom. The topological polar surface area (TPSA) is 101 Å². The van der Waals surface area contributed by atoms with Crippen molar-refractivity contribution in [1.82, 2.24) is 0 Å². The van der Waals surface area contributed by atoms with Gasteiger partial charge in [0, 0.05) is 0 Å². The summed E-state index contributed by atoms with van der Waals surface area (Å²) < 4.78 is 0.0780. The molecule has 0 aliphatic heterocycles. The average Bonchev–Trinajstić information content (AvgIpc) is 2.23. The monoisotopic (exact) mass is 291 g/mol. The summed E-state index contributed by atoms with van der Waals surface area (Å²) in [7, 11) is 0. The second-order valence-electron chi connectivity index (χ2n) is 2.35. The molecule has 1 rings (SSSR count). The second-order valence-corrected chi connectivity index (χ2v) is 3.21. The predicted octanol–water partition coefficient (Wildman–Crippen LogP) is 2.79. The number of aromatic carboxylic acids is 1. The number of carboxylic acids is 1. The molecule has 0 bridgehead atoms. The fourth-order valence-electron chi connectivity index (χ4n) is 0.912. The van der Waals surface area contributed by atoms with E-state index in [9.17, 15) is 20.0 Å². The van der Waals surface area contributed by atoms with Gasteiger partial charge < -0.3 is 10.2 Å². The largest absolute Gasteiger partial charge is 0.501 e. The van der Waals surface area contributed by atoms with Gasteiger partial charge in [0.1, 0.15) is 5.56 Å². The van der Waals surface area contributed by atoms with E-state index in [-0.39, 0.29) is 4.47 Å². The number of hydrogen-bond donors (Lipinski definition) is 2. The first kappa shape index (κ1) is 14.4. The van der Waals surface area contributed by atoms with Crippen LogP contribution in [0.25, 0.3) is 0 Å². The van der Waals surface area contributed by atoms with E-state index in [4.69, 9.17) is 5.11 Å². The van der Waals surface area contributed by atoms with E-state index in [1.807, 2.05) is 13.8 Å². The van der Waals surface area contributed by atoms with Crippen molar-refractivity contribution >= 4 is 27.6 Å². The first-order chi connectivity index (χ1) is 7.45. The molecule has 0 saturated heterocycles. The van der Waals surface area contributed by atoms with E-state index in [0.717, 1.165) is 6.07 Å². The maximum absolute atomic E-state index is 10.6. The summed E-state index contributed by atoms with van der Waals surface area (Å²) in [4.78, 5) is 20.1. The third kappa shape index (κ3) is 2.93. The summed E-state index contributed by atoms with van der Waals surface area (Å²) in [6, 6.07) is 2.27. The summed E-state index contributed by atoms with van der Waals surface area (Å²) in [5, 5.41) is 28.3. The molecule has 0 aliphatic carbocycles. The standard InChI is InChI=1S/C7H4BrNO5.C2H6/c8-4-2-1-3(7(11)12)5(6(4)10)9(13)14;1-2/h1-2,10H,(H,11,12);1-2H3. The lowest BCUT2D eigenvalue weighted by Gasteiger charge is -2.01. The maximum Gasteiger partial charge on any atom is 0.342 e. The van der Waals surface area contributed by atoms with Crippen LogP contribution in [0.2, 0.25) is 0 Å². The zero-order valence-corrected chi connectivity index (χ0v) is 10.2. The summed E-state index contributed by atoms with van der Waals surface area (Å²) in [6.07, 6.45) is 0. The van der Waals surface area contributed by atoms with Crippen LogP contribution in [-0.2, 0) is 0 Å². The molecule has 0 heterocycles. The number of nitrogens with zero attached hydrogens (tertiary/aromatic N) is 1. The van der Waals surface area contributed by atoms with E-state index in [1.165, 1.54) is 6.07 Å². The Balaban J connectivity index is 0.00000106. The molecule has 0 aliphatic rings. The van der Waals surface area contributed by atoms with Crippen LogP contribution in [-0.4, -0.2) is 21.1 Å². The third-order valence-corrected chi connectivity index (χ3v) is 2.15. The van der Waals surface area contributed by atoms with E-state index in [0.29, 0.717) is 0 Å². The van der Waals surface area contributed by atoms with Crippen molar-refractivity contribution in [3.63, 3.8) is 0 Å². The van der Waals surface area contributed by atoms with Crippen LogP contribution in [0.4, 0.5) is 5.69 Å². The van der Waals surface area contributed by atoms with Crippen LogP contribution in [0.15, 0.2) is 16.6 Å². The molecule has 0 spiro atoms. The number of nitro benzene ring substituents is 1. The minimum Gasteiger partial charge on any atom is -0.501 e. The fourth-order valence-corrected chi connectivity index (χ4v) is 1.23. The Hall–Kier alpha value is -1.63. The van der Waals surface area contributed by atoms with Crippen LogP contribution in [0.1, 0.15) is 24.2 Å². The molecule has 1 aromatic rings. The number of phenolic OH excluding ortho intramolecular Hbond substituents is 1. The van der Waals surface area contributed by atoms with E-state index >= 15 is 0 Å². The van der Waals surface area contributed by atoms with Gasteiger partial charge in [0.25, 0.3) is 0 Å². The highest BCUT2D eigenvalue weighted by Gasteiger charge is 2.26.